The largest absolute Gasteiger partial charge is 0.495 e. The summed E-state index contributed by atoms with van der Waals surface area (Å²) < 4.78 is 5.33. The molecule has 8 heteroatoms. The zero-order chi connectivity index (χ0) is 19.4. The van der Waals surface area contributed by atoms with Crippen LogP contribution in [-0.4, -0.2) is 29.0 Å². The molecule has 0 unspecified atom stereocenters. The van der Waals surface area contributed by atoms with E-state index in [1.165, 1.54) is 6.33 Å². The van der Waals surface area contributed by atoms with Crippen molar-refractivity contribution in [3.05, 3.63) is 70.5 Å². The second-order valence-electron chi connectivity index (χ2n) is 5.87. The van der Waals surface area contributed by atoms with Gasteiger partial charge in [0, 0.05) is 12.7 Å². The van der Waals surface area contributed by atoms with E-state index in [4.69, 9.17) is 4.74 Å². The summed E-state index contributed by atoms with van der Waals surface area (Å²) in [5.74, 6) is 0.846. The zero-order valence-electron chi connectivity index (χ0n) is 15.2. The molecule has 138 valence electrons. The Bertz CT molecular complexity index is 963. The summed E-state index contributed by atoms with van der Waals surface area (Å²) in [6.07, 6.45) is 1.30. The number of aromatic nitrogens is 2. The van der Waals surface area contributed by atoms with Crippen molar-refractivity contribution in [1.29, 1.82) is 0 Å². The highest BCUT2D eigenvalue weighted by Crippen LogP contribution is 2.37. The molecule has 2 aromatic carbocycles. The van der Waals surface area contributed by atoms with E-state index in [1.54, 1.807) is 25.1 Å². The van der Waals surface area contributed by atoms with Crippen LogP contribution < -0.4 is 15.0 Å². The lowest BCUT2D eigenvalue weighted by atomic mass is 10.2. The van der Waals surface area contributed by atoms with Crippen LogP contribution in [0.25, 0.3) is 0 Å². The first kappa shape index (κ1) is 18.1. The maximum Gasteiger partial charge on any atom is 0.354 e. The minimum absolute atomic E-state index is 0.0941. The molecule has 0 aliphatic carbocycles. The van der Waals surface area contributed by atoms with Crippen molar-refractivity contribution in [3.63, 3.8) is 0 Å². The van der Waals surface area contributed by atoms with Gasteiger partial charge in [0.1, 0.15) is 12.1 Å². The minimum Gasteiger partial charge on any atom is -0.495 e. The average molecular weight is 365 g/mol. The van der Waals surface area contributed by atoms with Gasteiger partial charge in [0.25, 0.3) is 0 Å². The fraction of sp³-hybridized carbons (Fsp3) is 0.158. The van der Waals surface area contributed by atoms with E-state index in [0.29, 0.717) is 11.4 Å². The highest BCUT2D eigenvalue weighted by molar-refractivity contribution is 5.79. The van der Waals surface area contributed by atoms with Gasteiger partial charge in [-0.2, -0.15) is 0 Å². The van der Waals surface area contributed by atoms with Crippen LogP contribution >= 0.6 is 0 Å². The van der Waals surface area contributed by atoms with Crippen molar-refractivity contribution >= 4 is 28.7 Å². The van der Waals surface area contributed by atoms with Crippen LogP contribution in [0.15, 0.2) is 54.9 Å². The second kappa shape index (κ2) is 7.69. The number of hydrogen-bond acceptors (Lipinski definition) is 7. The van der Waals surface area contributed by atoms with E-state index in [2.05, 4.69) is 15.3 Å². The summed E-state index contributed by atoms with van der Waals surface area (Å²) in [7, 11) is 3.26. The third-order valence-corrected chi connectivity index (χ3v) is 4.05. The molecule has 0 saturated carbocycles. The van der Waals surface area contributed by atoms with Crippen LogP contribution in [0.3, 0.4) is 0 Å². The fourth-order valence-electron chi connectivity index (χ4n) is 2.70. The molecule has 0 fully saturated rings. The highest BCUT2D eigenvalue weighted by atomic mass is 16.6. The molecular weight excluding hydrogens is 346 g/mol. The van der Waals surface area contributed by atoms with E-state index < -0.39 is 4.92 Å². The molecule has 0 aliphatic heterocycles. The molecule has 27 heavy (non-hydrogen) atoms. The topological polar surface area (TPSA) is 93.4 Å². The molecule has 0 atom stereocenters. The van der Waals surface area contributed by atoms with Crippen LogP contribution in [0, 0.1) is 17.0 Å². The van der Waals surface area contributed by atoms with Crippen LogP contribution in [0.2, 0.25) is 0 Å². The number of ether oxygens (including phenoxy) is 1. The lowest BCUT2D eigenvalue weighted by Crippen LogP contribution is -2.15. The number of benzene rings is 2. The molecule has 0 spiro atoms. The standard InChI is InChI=1S/C19H19N5O3/c1-13-9-10-16(27-3)15(11-13)22-18-17(24(25)26)19(21-12-20-18)23(2)14-7-5-4-6-8-14/h4-12H,1-3H3,(H,20,21,22). The van der Waals surface area contributed by atoms with Gasteiger partial charge >= 0.3 is 5.69 Å². The molecule has 3 aromatic rings. The minimum atomic E-state index is -0.487. The summed E-state index contributed by atoms with van der Waals surface area (Å²) in [5, 5.41) is 14.8. The maximum atomic E-state index is 11.8. The van der Waals surface area contributed by atoms with Crippen molar-refractivity contribution in [2.75, 3.05) is 24.4 Å². The first-order valence-electron chi connectivity index (χ1n) is 8.21. The van der Waals surface area contributed by atoms with Gasteiger partial charge in [-0.05, 0) is 36.8 Å². The van der Waals surface area contributed by atoms with Crippen LogP contribution in [0.5, 0.6) is 5.75 Å². The number of methoxy groups -OCH3 is 1. The average Bonchev–Trinajstić information content (AvgIpc) is 2.68. The van der Waals surface area contributed by atoms with Crippen molar-refractivity contribution in [2.45, 2.75) is 6.92 Å². The molecule has 1 aromatic heterocycles. The number of anilines is 4. The molecule has 0 amide bonds. The number of rotatable bonds is 6. The first-order valence-corrected chi connectivity index (χ1v) is 8.21. The van der Waals surface area contributed by atoms with Crippen molar-refractivity contribution in [1.82, 2.24) is 9.97 Å². The monoisotopic (exact) mass is 365 g/mol. The Morgan fingerprint density at radius 3 is 2.56 bits per heavy atom. The predicted octanol–water partition coefficient (Wildman–Crippen LogP) is 4.21. The first-order chi connectivity index (χ1) is 13.0. The Morgan fingerprint density at radius 2 is 1.89 bits per heavy atom. The summed E-state index contributed by atoms with van der Waals surface area (Å²) in [4.78, 5) is 21.2. The summed E-state index contributed by atoms with van der Waals surface area (Å²) in [6.45, 7) is 1.92. The Kier molecular flexibility index (Phi) is 5.16. The predicted molar refractivity (Wildman–Crippen MR) is 104 cm³/mol. The smallest absolute Gasteiger partial charge is 0.354 e. The number of aryl methyl sites for hydroxylation is 1. The molecule has 0 bridgehead atoms. The van der Waals surface area contributed by atoms with E-state index in [-0.39, 0.29) is 17.3 Å². The maximum absolute atomic E-state index is 11.8. The molecule has 0 radical (unpaired) electrons. The van der Waals surface area contributed by atoms with Gasteiger partial charge in [-0.1, -0.05) is 24.3 Å². The van der Waals surface area contributed by atoms with E-state index in [1.807, 2.05) is 49.4 Å². The quantitative estimate of drug-likeness (QED) is 0.516. The second-order valence-corrected chi connectivity index (χ2v) is 5.87. The van der Waals surface area contributed by atoms with Crippen molar-refractivity contribution < 1.29 is 9.66 Å². The van der Waals surface area contributed by atoms with Gasteiger partial charge in [-0.15, -0.1) is 0 Å². The SMILES string of the molecule is COc1ccc(C)cc1Nc1ncnc(N(C)c2ccccc2)c1[N+](=O)[O-]. The third kappa shape index (κ3) is 3.79. The third-order valence-electron chi connectivity index (χ3n) is 4.05. The van der Waals surface area contributed by atoms with Crippen molar-refractivity contribution in [2.24, 2.45) is 0 Å². The van der Waals surface area contributed by atoms with Crippen LogP contribution in [0.1, 0.15) is 5.56 Å². The fourth-order valence-corrected chi connectivity index (χ4v) is 2.70. The van der Waals surface area contributed by atoms with Gasteiger partial charge in [-0.3, -0.25) is 10.1 Å². The van der Waals surface area contributed by atoms with Gasteiger partial charge in [0.05, 0.1) is 17.7 Å². The zero-order valence-corrected chi connectivity index (χ0v) is 15.2. The number of nitro groups is 1. The number of nitrogens with one attached hydrogen (secondary N) is 1. The molecule has 1 heterocycles. The van der Waals surface area contributed by atoms with E-state index >= 15 is 0 Å². The van der Waals surface area contributed by atoms with Crippen LogP contribution in [0.4, 0.5) is 28.7 Å². The molecule has 0 aliphatic rings. The van der Waals surface area contributed by atoms with Crippen LogP contribution in [-0.2, 0) is 0 Å². The summed E-state index contributed by atoms with van der Waals surface area (Å²) in [5.41, 5.74) is 2.13. The normalized spacial score (nSPS) is 10.3. The van der Waals surface area contributed by atoms with E-state index in [0.717, 1.165) is 11.3 Å². The number of nitrogens with zero attached hydrogens (tertiary/aromatic N) is 4. The summed E-state index contributed by atoms with van der Waals surface area (Å²) >= 11 is 0. The lowest BCUT2D eigenvalue weighted by Gasteiger charge is -2.19. The van der Waals surface area contributed by atoms with Gasteiger partial charge < -0.3 is 15.0 Å². The number of para-hydroxylation sites is 1. The Morgan fingerprint density at radius 1 is 1.15 bits per heavy atom. The van der Waals surface area contributed by atoms with Gasteiger partial charge in [0.2, 0.25) is 11.6 Å². The Labute approximate surface area is 156 Å². The Hall–Kier alpha value is -3.68. The van der Waals surface area contributed by atoms with Gasteiger partial charge in [0.15, 0.2) is 0 Å². The number of hydrogen-bond donors (Lipinski definition) is 1. The highest BCUT2D eigenvalue weighted by Gasteiger charge is 2.26. The van der Waals surface area contributed by atoms with Gasteiger partial charge in [-0.25, -0.2) is 9.97 Å². The molecular formula is C19H19N5O3. The molecule has 8 nitrogen and oxygen atoms in total. The summed E-state index contributed by atoms with van der Waals surface area (Å²) in [6, 6.07) is 14.8. The Balaban J connectivity index is 2.07. The molecule has 0 saturated heterocycles. The van der Waals surface area contributed by atoms with Crippen molar-refractivity contribution in [3.8, 4) is 5.75 Å². The van der Waals surface area contributed by atoms with E-state index in [9.17, 15) is 10.1 Å². The lowest BCUT2D eigenvalue weighted by molar-refractivity contribution is -0.383. The molecule has 1 N–H and O–H groups in total. The molecule has 3 rings (SSSR count).